The van der Waals surface area contributed by atoms with E-state index < -0.39 is 31.4 Å². The zero-order valence-corrected chi connectivity index (χ0v) is 19.3. The summed E-state index contributed by atoms with van der Waals surface area (Å²) in [6.45, 7) is 6.53. The van der Waals surface area contributed by atoms with E-state index in [1.165, 1.54) is 30.3 Å². The fourth-order valence-electron chi connectivity index (χ4n) is 3.36. The Kier molecular flexibility index (Phi) is 7.12. The van der Waals surface area contributed by atoms with Crippen LogP contribution in [0.15, 0.2) is 53.4 Å². The monoisotopic (exact) mass is 471 g/mol. The van der Waals surface area contributed by atoms with Gasteiger partial charge in [-0.05, 0) is 44.5 Å². The van der Waals surface area contributed by atoms with Gasteiger partial charge in [-0.25, -0.2) is 8.42 Å². The van der Waals surface area contributed by atoms with Gasteiger partial charge < -0.3 is 5.32 Å². The molecule has 0 atom stereocenters. The number of benzene rings is 2. The lowest BCUT2D eigenvalue weighted by Gasteiger charge is -2.11. The number of nitro groups is 1. The van der Waals surface area contributed by atoms with Crippen molar-refractivity contribution in [2.24, 2.45) is 0 Å². The highest BCUT2D eigenvalue weighted by molar-refractivity contribution is 7.92. The van der Waals surface area contributed by atoms with Crippen molar-refractivity contribution in [2.75, 3.05) is 10.0 Å². The van der Waals surface area contributed by atoms with Crippen molar-refractivity contribution in [3.63, 3.8) is 0 Å². The third kappa shape index (κ3) is 5.37. The summed E-state index contributed by atoms with van der Waals surface area (Å²) in [5, 5.41) is 18.5. The summed E-state index contributed by atoms with van der Waals surface area (Å²) in [6, 6.07) is 11.0. The van der Waals surface area contributed by atoms with Crippen molar-refractivity contribution < 1.29 is 18.1 Å². The number of hydrogen-bond donors (Lipinski definition) is 2. The molecule has 0 aliphatic rings. The second-order valence-electron chi connectivity index (χ2n) is 7.49. The first-order valence-electron chi connectivity index (χ1n) is 10.4. The van der Waals surface area contributed by atoms with Crippen LogP contribution in [0.3, 0.4) is 0 Å². The quantitative estimate of drug-likeness (QED) is 0.353. The van der Waals surface area contributed by atoms with E-state index in [4.69, 9.17) is 0 Å². The highest BCUT2D eigenvalue weighted by Gasteiger charge is 2.25. The van der Waals surface area contributed by atoms with Gasteiger partial charge in [0.2, 0.25) is 0 Å². The number of sulfonamides is 1. The largest absolute Gasteiger partial charge is 0.319 e. The first-order valence-corrected chi connectivity index (χ1v) is 11.8. The number of aryl methyl sites for hydroxylation is 2. The molecule has 0 spiro atoms. The molecule has 0 fully saturated rings. The first kappa shape index (κ1) is 23.9. The molecule has 11 heteroatoms. The normalized spacial score (nSPS) is 11.2. The molecule has 0 bridgehead atoms. The number of aromatic nitrogens is 2. The fourth-order valence-corrected chi connectivity index (χ4v) is 4.58. The lowest BCUT2D eigenvalue weighted by Crippen LogP contribution is -2.16. The number of nitro benzene ring substituents is 1. The Balaban J connectivity index is 1.83. The van der Waals surface area contributed by atoms with E-state index >= 15 is 0 Å². The van der Waals surface area contributed by atoms with E-state index in [2.05, 4.69) is 22.1 Å². The molecule has 1 aromatic heterocycles. The van der Waals surface area contributed by atoms with Crippen molar-refractivity contribution >= 4 is 33.0 Å². The Morgan fingerprint density at radius 2 is 1.88 bits per heavy atom. The van der Waals surface area contributed by atoms with Gasteiger partial charge >= 0.3 is 0 Å². The van der Waals surface area contributed by atoms with Crippen LogP contribution in [0.2, 0.25) is 0 Å². The van der Waals surface area contributed by atoms with Gasteiger partial charge in [-0.15, -0.1) is 0 Å². The predicted molar refractivity (Wildman–Crippen MR) is 125 cm³/mol. The minimum absolute atomic E-state index is 0.105. The van der Waals surface area contributed by atoms with E-state index in [9.17, 15) is 23.3 Å². The molecule has 0 aliphatic carbocycles. The molecule has 1 heterocycles. The van der Waals surface area contributed by atoms with Gasteiger partial charge in [0.15, 0.2) is 4.90 Å². The molecule has 0 aliphatic heterocycles. The molecule has 10 nitrogen and oxygen atoms in total. The number of amides is 1. The zero-order valence-electron chi connectivity index (χ0n) is 18.5. The molecular formula is C22H25N5O5S. The molecule has 0 radical (unpaired) electrons. The summed E-state index contributed by atoms with van der Waals surface area (Å²) < 4.78 is 29.7. The van der Waals surface area contributed by atoms with E-state index in [0.29, 0.717) is 11.4 Å². The molecule has 2 N–H and O–H groups in total. The maximum Gasteiger partial charge on any atom is 0.289 e. The molecule has 0 unspecified atom stereocenters. The number of hydrogen-bond acceptors (Lipinski definition) is 6. The number of para-hydroxylation sites is 1. The minimum atomic E-state index is -4.25. The number of nitrogens with one attached hydrogen (secondary N) is 2. The van der Waals surface area contributed by atoms with Crippen molar-refractivity contribution in [1.82, 2.24) is 9.78 Å². The van der Waals surface area contributed by atoms with Gasteiger partial charge in [-0.1, -0.05) is 31.5 Å². The highest BCUT2D eigenvalue weighted by Crippen LogP contribution is 2.26. The van der Waals surface area contributed by atoms with Crippen LogP contribution in [0.1, 0.15) is 41.5 Å². The standard InChI is InChI=1S/C22H25N5O5S/c1-4-5-13-26-16(3)21(15(2)24-26)23-22(28)17-9-8-10-18(14-17)25-33(31,32)20-12-7-6-11-19(20)27(29)30/h6-12,14,25H,4-5,13H2,1-3H3,(H,23,28). The summed E-state index contributed by atoms with van der Waals surface area (Å²) in [6.07, 6.45) is 1.99. The van der Waals surface area contributed by atoms with Crippen LogP contribution in [0.25, 0.3) is 0 Å². The summed E-state index contributed by atoms with van der Waals surface area (Å²) in [4.78, 5) is 22.8. The Morgan fingerprint density at radius 3 is 2.58 bits per heavy atom. The van der Waals surface area contributed by atoms with Crippen molar-refractivity contribution in [3.05, 3.63) is 75.6 Å². The molecule has 1 amide bonds. The van der Waals surface area contributed by atoms with Gasteiger partial charge in [0.1, 0.15) is 0 Å². The molecule has 3 rings (SSSR count). The Labute approximate surface area is 191 Å². The summed E-state index contributed by atoms with van der Waals surface area (Å²) in [5.41, 5.74) is 1.92. The topological polar surface area (TPSA) is 136 Å². The van der Waals surface area contributed by atoms with Crippen LogP contribution in [-0.4, -0.2) is 29.0 Å². The third-order valence-corrected chi connectivity index (χ3v) is 6.50. The van der Waals surface area contributed by atoms with Gasteiger partial charge in [-0.2, -0.15) is 5.10 Å². The zero-order chi connectivity index (χ0) is 24.2. The Bertz CT molecular complexity index is 1300. The maximum atomic E-state index is 12.9. The van der Waals surface area contributed by atoms with E-state index in [-0.39, 0.29) is 11.3 Å². The minimum Gasteiger partial charge on any atom is -0.319 e. The number of carbonyl (C=O) groups is 1. The molecule has 33 heavy (non-hydrogen) atoms. The number of unbranched alkanes of at least 4 members (excludes halogenated alkanes) is 1. The van der Waals surface area contributed by atoms with Crippen molar-refractivity contribution in [3.8, 4) is 0 Å². The van der Waals surface area contributed by atoms with Crippen LogP contribution in [0.5, 0.6) is 0 Å². The van der Waals surface area contributed by atoms with Crippen molar-refractivity contribution in [2.45, 2.75) is 45.1 Å². The van der Waals surface area contributed by atoms with Gasteiger partial charge in [0.05, 0.1) is 22.0 Å². The summed E-state index contributed by atoms with van der Waals surface area (Å²) in [7, 11) is -4.25. The Morgan fingerprint density at radius 1 is 1.15 bits per heavy atom. The smallest absolute Gasteiger partial charge is 0.289 e. The van der Waals surface area contributed by atoms with E-state index in [0.717, 1.165) is 37.2 Å². The second kappa shape index (κ2) is 9.82. The molecule has 0 saturated carbocycles. The van der Waals surface area contributed by atoms with Gasteiger partial charge in [0.25, 0.3) is 21.6 Å². The van der Waals surface area contributed by atoms with Crippen LogP contribution in [-0.2, 0) is 16.6 Å². The third-order valence-electron chi connectivity index (χ3n) is 5.07. The van der Waals surface area contributed by atoms with Crippen LogP contribution >= 0.6 is 0 Å². The van der Waals surface area contributed by atoms with Crippen LogP contribution in [0, 0.1) is 24.0 Å². The second-order valence-corrected chi connectivity index (χ2v) is 9.14. The number of rotatable bonds is 9. The molecule has 3 aromatic rings. The molecule has 174 valence electrons. The highest BCUT2D eigenvalue weighted by atomic mass is 32.2. The van der Waals surface area contributed by atoms with Gasteiger partial charge in [-0.3, -0.25) is 24.3 Å². The lowest BCUT2D eigenvalue weighted by molar-refractivity contribution is -0.387. The van der Waals surface area contributed by atoms with E-state index in [1.807, 2.05) is 18.5 Å². The summed E-state index contributed by atoms with van der Waals surface area (Å²) >= 11 is 0. The average Bonchev–Trinajstić information content (AvgIpc) is 3.05. The predicted octanol–water partition coefficient (Wildman–Crippen LogP) is 4.26. The fraction of sp³-hybridized carbons (Fsp3) is 0.273. The number of carbonyl (C=O) groups excluding carboxylic acids is 1. The van der Waals surface area contributed by atoms with Crippen molar-refractivity contribution in [1.29, 1.82) is 0 Å². The number of anilines is 2. The first-order chi connectivity index (χ1) is 15.6. The summed E-state index contributed by atoms with van der Waals surface area (Å²) in [5.74, 6) is -0.428. The maximum absolute atomic E-state index is 12.9. The Hall–Kier alpha value is -3.73. The van der Waals surface area contributed by atoms with Crippen LogP contribution < -0.4 is 10.0 Å². The molecule has 2 aromatic carbocycles. The van der Waals surface area contributed by atoms with E-state index in [1.54, 1.807) is 6.07 Å². The molecular weight excluding hydrogens is 446 g/mol. The average molecular weight is 472 g/mol. The van der Waals surface area contributed by atoms with Crippen LogP contribution in [0.4, 0.5) is 17.1 Å². The van der Waals surface area contributed by atoms with Gasteiger partial charge in [0, 0.05) is 23.9 Å². The molecule has 0 saturated heterocycles. The lowest BCUT2D eigenvalue weighted by atomic mass is 10.2. The SMILES string of the molecule is CCCCn1nc(C)c(NC(=O)c2cccc(NS(=O)(=O)c3ccccc3[N+](=O)[O-])c2)c1C. The number of nitrogens with zero attached hydrogens (tertiary/aromatic N) is 3.